The summed E-state index contributed by atoms with van der Waals surface area (Å²) < 4.78 is 17.1. The second-order valence-corrected chi connectivity index (χ2v) is 7.40. The lowest BCUT2D eigenvalue weighted by molar-refractivity contribution is 0.00578. The fourth-order valence-electron chi connectivity index (χ4n) is 2.68. The van der Waals surface area contributed by atoms with Gasteiger partial charge in [-0.1, -0.05) is 12.1 Å². The minimum Gasteiger partial charge on any atom is -0.465 e. The normalized spacial score (nSPS) is 19.2. The van der Waals surface area contributed by atoms with Gasteiger partial charge in [0, 0.05) is 6.54 Å². The second-order valence-electron chi connectivity index (χ2n) is 7.40. The van der Waals surface area contributed by atoms with Gasteiger partial charge in [0.1, 0.15) is 0 Å². The van der Waals surface area contributed by atoms with Crippen LogP contribution < -0.4 is 5.32 Å². The molecule has 1 aliphatic rings. The fraction of sp³-hybridized carbons (Fsp3) is 0.526. The Bertz CT molecular complexity index is 666. The third-order valence-corrected chi connectivity index (χ3v) is 4.97. The van der Waals surface area contributed by atoms with Gasteiger partial charge in [0.2, 0.25) is 0 Å². The lowest BCUT2D eigenvalue weighted by Gasteiger charge is -2.32. The highest BCUT2D eigenvalue weighted by atomic mass is 16.7. The molecule has 25 heavy (non-hydrogen) atoms. The quantitative estimate of drug-likeness (QED) is 0.657. The van der Waals surface area contributed by atoms with Crippen molar-refractivity contribution in [2.24, 2.45) is 0 Å². The van der Waals surface area contributed by atoms with Crippen LogP contribution in [0.4, 0.5) is 0 Å². The summed E-state index contributed by atoms with van der Waals surface area (Å²) in [5, 5.41) is 3.18. The van der Waals surface area contributed by atoms with Crippen LogP contribution in [-0.4, -0.2) is 45.0 Å². The first-order valence-corrected chi connectivity index (χ1v) is 8.51. The van der Waals surface area contributed by atoms with Crippen LogP contribution in [0.25, 0.3) is 6.08 Å². The van der Waals surface area contributed by atoms with Crippen LogP contribution >= 0.6 is 0 Å². The second kappa shape index (κ2) is 7.32. The van der Waals surface area contributed by atoms with Crippen LogP contribution in [0.2, 0.25) is 0 Å². The van der Waals surface area contributed by atoms with Gasteiger partial charge >= 0.3 is 13.1 Å². The van der Waals surface area contributed by atoms with E-state index in [1.807, 2.05) is 53.8 Å². The molecule has 0 amide bonds. The molecular formula is C19H28BNO4. The van der Waals surface area contributed by atoms with Crippen LogP contribution in [0.1, 0.15) is 49.2 Å². The zero-order valence-electron chi connectivity index (χ0n) is 16.2. The highest BCUT2D eigenvalue weighted by molar-refractivity contribution is 6.55. The minimum absolute atomic E-state index is 0.333. The number of nitrogens with one attached hydrogen (secondary N) is 1. The smallest absolute Gasteiger partial charge is 0.465 e. The summed E-state index contributed by atoms with van der Waals surface area (Å²) in [5.74, 6) is -0.333. The predicted octanol–water partition coefficient (Wildman–Crippen LogP) is 3.02. The maximum absolute atomic E-state index is 11.7. The summed E-state index contributed by atoms with van der Waals surface area (Å²) in [4.78, 5) is 11.7. The van der Waals surface area contributed by atoms with Crippen molar-refractivity contribution in [1.29, 1.82) is 0 Å². The van der Waals surface area contributed by atoms with Gasteiger partial charge in [-0.25, -0.2) is 4.79 Å². The molecule has 0 atom stereocenters. The first kappa shape index (κ1) is 19.7. The lowest BCUT2D eigenvalue weighted by atomic mass is 9.76. The molecule has 1 fully saturated rings. The van der Waals surface area contributed by atoms with Crippen molar-refractivity contribution in [3.05, 3.63) is 40.4 Å². The van der Waals surface area contributed by atoms with Gasteiger partial charge in [0.25, 0.3) is 0 Å². The summed E-state index contributed by atoms with van der Waals surface area (Å²) in [6.07, 6.45) is 2.06. The SMILES string of the molecule is CNCC(=Cc1ccc(C(=O)OC)cc1C)B1OC(C)(C)C(C)(C)O1. The van der Waals surface area contributed by atoms with Crippen LogP contribution in [-0.2, 0) is 14.0 Å². The van der Waals surface area contributed by atoms with E-state index in [2.05, 4.69) is 11.4 Å². The zero-order chi connectivity index (χ0) is 18.8. The van der Waals surface area contributed by atoms with E-state index in [0.29, 0.717) is 12.1 Å². The van der Waals surface area contributed by atoms with Gasteiger partial charge < -0.3 is 19.4 Å². The molecule has 0 bridgehead atoms. The van der Waals surface area contributed by atoms with Crippen LogP contribution in [0.15, 0.2) is 23.7 Å². The lowest BCUT2D eigenvalue weighted by Crippen LogP contribution is -2.41. The number of benzene rings is 1. The number of ether oxygens (including phenoxy) is 1. The van der Waals surface area contributed by atoms with Crippen LogP contribution in [0, 0.1) is 6.92 Å². The molecule has 1 aromatic rings. The van der Waals surface area contributed by atoms with Crippen molar-refractivity contribution in [2.75, 3.05) is 20.7 Å². The third-order valence-electron chi connectivity index (χ3n) is 4.97. The third kappa shape index (κ3) is 4.14. The summed E-state index contributed by atoms with van der Waals surface area (Å²) >= 11 is 0. The molecule has 1 aliphatic heterocycles. The van der Waals surface area contributed by atoms with Gasteiger partial charge in [-0.15, -0.1) is 0 Å². The van der Waals surface area contributed by atoms with Gasteiger partial charge in [0.15, 0.2) is 0 Å². The number of carbonyl (C=O) groups excluding carboxylic acids is 1. The monoisotopic (exact) mass is 345 g/mol. The molecule has 0 aliphatic carbocycles. The van der Waals surface area contributed by atoms with E-state index in [1.54, 1.807) is 6.07 Å². The van der Waals surface area contributed by atoms with E-state index in [-0.39, 0.29) is 17.2 Å². The largest absolute Gasteiger partial charge is 0.491 e. The van der Waals surface area contributed by atoms with E-state index >= 15 is 0 Å². The Hall–Kier alpha value is -1.63. The van der Waals surface area contributed by atoms with Gasteiger partial charge in [-0.2, -0.15) is 0 Å². The van der Waals surface area contributed by atoms with Crippen LogP contribution in [0.3, 0.4) is 0 Å². The number of methoxy groups -OCH3 is 1. The highest BCUT2D eigenvalue weighted by Crippen LogP contribution is 2.38. The Morgan fingerprint density at radius 2 is 1.84 bits per heavy atom. The van der Waals surface area contributed by atoms with E-state index < -0.39 is 7.12 Å². The van der Waals surface area contributed by atoms with Crippen molar-refractivity contribution < 1.29 is 18.8 Å². The Labute approximate surface area is 150 Å². The molecule has 1 N–H and O–H groups in total. The number of hydrogen-bond acceptors (Lipinski definition) is 5. The Morgan fingerprint density at radius 3 is 2.32 bits per heavy atom. The summed E-state index contributed by atoms with van der Waals surface area (Å²) in [6, 6.07) is 5.52. The van der Waals surface area contributed by atoms with Gasteiger partial charge in [-0.05, 0) is 70.4 Å². The van der Waals surface area contributed by atoms with Gasteiger partial charge in [0.05, 0.1) is 23.9 Å². The number of rotatable bonds is 5. The summed E-state index contributed by atoms with van der Waals surface area (Å²) in [5.41, 5.74) is 2.81. The van der Waals surface area contributed by atoms with E-state index in [1.165, 1.54) is 7.11 Å². The Balaban J connectivity index is 2.33. The molecule has 0 aromatic heterocycles. The maximum Gasteiger partial charge on any atom is 0.491 e. The fourth-order valence-corrected chi connectivity index (χ4v) is 2.68. The van der Waals surface area contributed by atoms with E-state index in [4.69, 9.17) is 14.0 Å². The van der Waals surface area contributed by atoms with Crippen LogP contribution in [0.5, 0.6) is 0 Å². The molecule has 1 aromatic carbocycles. The molecule has 1 heterocycles. The average Bonchev–Trinajstić information content (AvgIpc) is 2.75. The van der Waals surface area contributed by atoms with Crippen molar-refractivity contribution in [1.82, 2.24) is 5.32 Å². The molecule has 6 heteroatoms. The predicted molar refractivity (Wildman–Crippen MR) is 101 cm³/mol. The first-order valence-electron chi connectivity index (χ1n) is 8.51. The number of esters is 1. The minimum atomic E-state index is -0.405. The van der Waals surface area contributed by atoms with Gasteiger partial charge in [-0.3, -0.25) is 0 Å². The molecule has 0 spiro atoms. The van der Waals surface area contributed by atoms with Crippen molar-refractivity contribution in [3.8, 4) is 0 Å². The molecule has 5 nitrogen and oxygen atoms in total. The van der Waals surface area contributed by atoms with E-state index in [9.17, 15) is 4.79 Å². The average molecular weight is 345 g/mol. The molecular weight excluding hydrogens is 317 g/mol. The zero-order valence-corrected chi connectivity index (χ0v) is 16.2. The molecule has 0 radical (unpaired) electrons. The Kier molecular flexibility index (Phi) is 5.77. The van der Waals surface area contributed by atoms with Crippen molar-refractivity contribution >= 4 is 19.2 Å². The Morgan fingerprint density at radius 1 is 1.24 bits per heavy atom. The van der Waals surface area contributed by atoms with Crippen molar-refractivity contribution in [2.45, 2.75) is 45.8 Å². The van der Waals surface area contributed by atoms with Crippen molar-refractivity contribution in [3.63, 3.8) is 0 Å². The molecule has 1 saturated heterocycles. The topological polar surface area (TPSA) is 56.8 Å². The van der Waals surface area contributed by atoms with E-state index in [0.717, 1.165) is 16.6 Å². The summed E-state index contributed by atoms with van der Waals surface area (Å²) in [6.45, 7) is 10.8. The standard InChI is InChI=1S/C19H28BNO4/c1-13-10-15(17(22)23-7)9-8-14(13)11-16(12-21-6)20-24-18(2,3)19(4,5)25-20/h8-11,21H,12H2,1-7H3. The number of likely N-dealkylation sites (N-methyl/N-ethyl adjacent to an activating group) is 1. The number of carbonyl (C=O) groups is 1. The number of aryl methyl sites for hydroxylation is 1. The highest BCUT2D eigenvalue weighted by Gasteiger charge is 2.52. The number of hydrogen-bond donors (Lipinski definition) is 1. The molecule has 2 rings (SSSR count). The molecule has 136 valence electrons. The summed E-state index contributed by atoms with van der Waals surface area (Å²) in [7, 11) is 2.87. The maximum atomic E-state index is 11.7. The molecule has 0 unspecified atom stereocenters. The molecule has 0 saturated carbocycles. The first-order chi connectivity index (χ1) is 11.6.